The summed E-state index contributed by atoms with van der Waals surface area (Å²) in [6.45, 7) is 1.33. The number of carboxylic acid groups (broad SMARTS) is 1. The summed E-state index contributed by atoms with van der Waals surface area (Å²) in [6.07, 6.45) is 0.522. The maximum atomic E-state index is 14.4. The molecule has 2 rings (SSSR count). The summed E-state index contributed by atoms with van der Waals surface area (Å²) in [7, 11) is 0. The van der Waals surface area contributed by atoms with Crippen LogP contribution in [-0.2, 0) is 0 Å². The van der Waals surface area contributed by atoms with Crippen LogP contribution in [0.1, 0.15) is 29.3 Å². The van der Waals surface area contributed by atoms with E-state index >= 15 is 0 Å². The van der Waals surface area contributed by atoms with E-state index in [0.717, 1.165) is 17.9 Å². The summed E-state index contributed by atoms with van der Waals surface area (Å²) in [4.78, 5) is 23.4. The number of Topliss-reactive ketones (excluding diaryl/α,β-unsaturated/α-hetero) is 1. The van der Waals surface area contributed by atoms with Crippen LogP contribution in [0.4, 0.5) is 19.3 Å². The predicted octanol–water partition coefficient (Wildman–Crippen LogP) is 2.52. The van der Waals surface area contributed by atoms with Gasteiger partial charge in [0.15, 0.2) is 5.78 Å². The highest BCUT2D eigenvalue weighted by Gasteiger charge is 2.25. The molecule has 3 N–H and O–H groups in total. The van der Waals surface area contributed by atoms with Crippen molar-refractivity contribution in [2.24, 2.45) is 0 Å². The first-order valence-corrected chi connectivity index (χ1v) is 6.28. The minimum absolute atomic E-state index is 0.0450. The Balaban J connectivity index is 2.48. The monoisotopic (exact) mass is 296 g/mol. The quantitative estimate of drug-likeness (QED) is 0.649. The Morgan fingerprint density at radius 2 is 2.05 bits per heavy atom. The van der Waals surface area contributed by atoms with Crippen molar-refractivity contribution in [1.29, 1.82) is 0 Å². The van der Waals surface area contributed by atoms with E-state index in [-0.39, 0.29) is 36.3 Å². The molecule has 5 nitrogen and oxygen atoms in total. The molecule has 0 aliphatic carbocycles. The smallest absolute Gasteiger partial charge is 0.407 e. The second-order valence-electron chi connectivity index (χ2n) is 4.78. The van der Waals surface area contributed by atoms with Crippen LogP contribution < -0.4 is 5.73 Å². The molecule has 1 amide bonds. The highest BCUT2D eigenvalue weighted by Crippen LogP contribution is 2.32. The van der Waals surface area contributed by atoms with Gasteiger partial charge in [-0.2, -0.15) is 0 Å². The predicted molar refractivity (Wildman–Crippen MR) is 73.0 cm³/mol. The van der Waals surface area contributed by atoms with Gasteiger partial charge in [-0.15, -0.1) is 0 Å². The first-order chi connectivity index (χ1) is 9.82. The van der Waals surface area contributed by atoms with Crippen LogP contribution in [-0.4, -0.2) is 35.0 Å². The number of nitrogens with two attached hydrogens (primary N) is 1. The van der Waals surface area contributed by atoms with Crippen LogP contribution in [0.3, 0.4) is 0 Å². The molecule has 0 atom stereocenters. The molecule has 7 heteroatoms. The zero-order valence-corrected chi connectivity index (χ0v) is 11.3. The summed E-state index contributed by atoms with van der Waals surface area (Å²) in [5.74, 6) is -2.44. The third kappa shape index (κ3) is 2.72. The van der Waals surface area contributed by atoms with E-state index in [9.17, 15) is 18.4 Å². The SMILES string of the molecule is CC(=O)c1c(N)cc(F)c(C2=CCN(C(=O)O)CC2)c1F. The molecule has 0 saturated heterocycles. The fourth-order valence-electron chi connectivity index (χ4n) is 2.36. The Kier molecular flexibility index (Phi) is 3.93. The van der Waals surface area contributed by atoms with Gasteiger partial charge in [0.1, 0.15) is 11.6 Å². The number of hydrogen-bond donors (Lipinski definition) is 2. The largest absolute Gasteiger partial charge is 0.465 e. The molecule has 0 spiro atoms. The van der Waals surface area contributed by atoms with Gasteiger partial charge in [0.05, 0.1) is 5.56 Å². The summed E-state index contributed by atoms with van der Waals surface area (Å²) >= 11 is 0. The first kappa shape index (κ1) is 15.0. The van der Waals surface area contributed by atoms with Crippen molar-refractivity contribution < 1.29 is 23.5 Å². The molecule has 1 heterocycles. The van der Waals surface area contributed by atoms with Crippen molar-refractivity contribution in [3.05, 3.63) is 34.9 Å². The average Bonchev–Trinajstić information content (AvgIpc) is 2.38. The normalized spacial score (nSPS) is 14.8. The Morgan fingerprint density at radius 3 is 2.52 bits per heavy atom. The van der Waals surface area contributed by atoms with Crippen molar-refractivity contribution >= 4 is 23.1 Å². The van der Waals surface area contributed by atoms with Gasteiger partial charge in [-0.1, -0.05) is 6.08 Å². The maximum absolute atomic E-state index is 14.4. The zero-order valence-electron chi connectivity index (χ0n) is 11.3. The first-order valence-electron chi connectivity index (χ1n) is 6.28. The number of carbonyl (C=O) groups is 2. The molecule has 0 bridgehead atoms. The molecule has 1 aromatic rings. The summed E-state index contributed by atoms with van der Waals surface area (Å²) in [6, 6.07) is 0.916. The summed E-state index contributed by atoms with van der Waals surface area (Å²) in [5, 5.41) is 8.84. The Hall–Kier alpha value is -2.44. The van der Waals surface area contributed by atoms with E-state index in [4.69, 9.17) is 10.8 Å². The number of nitrogen functional groups attached to an aromatic ring is 1. The molecule has 0 saturated carbocycles. The fourth-order valence-corrected chi connectivity index (χ4v) is 2.36. The van der Waals surface area contributed by atoms with Gasteiger partial charge >= 0.3 is 6.09 Å². The topological polar surface area (TPSA) is 83.6 Å². The van der Waals surface area contributed by atoms with E-state index in [2.05, 4.69) is 0 Å². The molecule has 112 valence electrons. The van der Waals surface area contributed by atoms with Crippen molar-refractivity contribution in [2.75, 3.05) is 18.8 Å². The molecule has 0 radical (unpaired) electrons. The average molecular weight is 296 g/mol. The van der Waals surface area contributed by atoms with Crippen molar-refractivity contribution in [2.45, 2.75) is 13.3 Å². The molecule has 0 fully saturated rings. The zero-order chi connectivity index (χ0) is 15.7. The van der Waals surface area contributed by atoms with Crippen LogP contribution in [0, 0.1) is 11.6 Å². The molecule has 1 aromatic carbocycles. The molecular formula is C14H14F2N2O3. The minimum Gasteiger partial charge on any atom is -0.465 e. The Labute approximate surface area is 119 Å². The molecule has 1 aliphatic rings. The van der Waals surface area contributed by atoms with Crippen molar-refractivity contribution in [3.8, 4) is 0 Å². The molecule has 0 unspecified atom stereocenters. The van der Waals surface area contributed by atoms with Gasteiger partial charge in [-0.05, 0) is 25.0 Å². The summed E-state index contributed by atoms with van der Waals surface area (Å²) in [5.41, 5.74) is 4.92. The third-order valence-electron chi connectivity index (χ3n) is 3.40. The van der Waals surface area contributed by atoms with Gasteiger partial charge < -0.3 is 15.7 Å². The van der Waals surface area contributed by atoms with Crippen molar-refractivity contribution in [3.63, 3.8) is 0 Å². The number of rotatable bonds is 2. The minimum atomic E-state index is -1.09. The number of benzene rings is 1. The van der Waals surface area contributed by atoms with Gasteiger partial charge in [-0.3, -0.25) is 4.79 Å². The van der Waals surface area contributed by atoms with Crippen LogP contribution >= 0.6 is 0 Å². The highest BCUT2D eigenvalue weighted by atomic mass is 19.1. The maximum Gasteiger partial charge on any atom is 0.407 e. The van der Waals surface area contributed by atoms with Gasteiger partial charge in [0.25, 0.3) is 0 Å². The number of carbonyl (C=O) groups excluding carboxylic acids is 1. The van der Waals surface area contributed by atoms with E-state index < -0.39 is 23.5 Å². The number of anilines is 1. The molecule has 1 aliphatic heterocycles. The lowest BCUT2D eigenvalue weighted by atomic mass is 9.94. The second kappa shape index (κ2) is 5.51. The molecule has 21 heavy (non-hydrogen) atoms. The van der Waals surface area contributed by atoms with Gasteiger partial charge in [0, 0.05) is 24.3 Å². The van der Waals surface area contributed by atoms with Gasteiger partial charge in [-0.25, -0.2) is 13.6 Å². The van der Waals surface area contributed by atoms with E-state index in [1.165, 1.54) is 6.08 Å². The standard InChI is InChI=1S/C14H14F2N2O3/c1-7(19)11-10(17)6-9(15)12(13(11)16)8-2-4-18(5-3-8)14(20)21/h2,6H,3-5,17H2,1H3,(H,20,21). The van der Waals surface area contributed by atoms with E-state index in [1.54, 1.807) is 0 Å². The van der Waals surface area contributed by atoms with Gasteiger partial charge in [0.2, 0.25) is 0 Å². The summed E-state index contributed by atoms with van der Waals surface area (Å²) < 4.78 is 28.4. The van der Waals surface area contributed by atoms with Crippen molar-refractivity contribution in [1.82, 2.24) is 4.90 Å². The third-order valence-corrected chi connectivity index (χ3v) is 3.40. The van der Waals surface area contributed by atoms with E-state index in [0.29, 0.717) is 5.57 Å². The Bertz CT molecular complexity index is 656. The highest BCUT2D eigenvalue weighted by molar-refractivity contribution is 6.00. The second-order valence-corrected chi connectivity index (χ2v) is 4.78. The van der Waals surface area contributed by atoms with Crippen LogP contribution in [0.5, 0.6) is 0 Å². The number of ketones is 1. The lowest BCUT2D eigenvalue weighted by Crippen LogP contribution is -2.33. The lowest BCUT2D eigenvalue weighted by Gasteiger charge is -2.24. The number of hydrogen-bond acceptors (Lipinski definition) is 3. The number of halogens is 2. The van der Waals surface area contributed by atoms with Crippen LogP contribution in [0.15, 0.2) is 12.1 Å². The Morgan fingerprint density at radius 1 is 1.38 bits per heavy atom. The molecule has 0 aromatic heterocycles. The van der Waals surface area contributed by atoms with E-state index in [1.807, 2.05) is 0 Å². The lowest BCUT2D eigenvalue weighted by molar-refractivity contribution is 0.101. The number of nitrogens with zero attached hydrogens (tertiary/aromatic N) is 1. The molecular weight excluding hydrogens is 282 g/mol. The number of amides is 1. The van der Waals surface area contributed by atoms with Crippen LogP contribution in [0.2, 0.25) is 0 Å². The fraction of sp³-hybridized carbons (Fsp3) is 0.286. The van der Waals surface area contributed by atoms with Crippen LogP contribution in [0.25, 0.3) is 5.57 Å².